The molecule has 13 heavy (non-hydrogen) atoms. The van der Waals surface area contributed by atoms with Crippen LogP contribution in [0.25, 0.3) is 0 Å². The highest BCUT2D eigenvalue weighted by Crippen LogP contribution is 2.36. The first-order valence-corrected chi connectivity index (χ1v) is 4.74. The van der Waals surface area contributed by atoms with Crippen LogP contribution in [0.2, 0.25) is 0 Å². The topological polar surface area (TPSA) is 22.4 Å². The highest BCUT2D eigenvalue weighted by atomic mass is 16.5. The van der Waals surface area contributed by atoms with E-state index in [2.05, 4.69) is 13.3 Å². The van der Waals surface area contributed by atoms with Crippen molar-refractivity contribution in [3.8, 4) is 0 Å². The largest absolute Gasteiger partial charge is 0.466 e. The number of hydrogen-bond donors (Lipinski definition) is 0. The van der Waals surface area contributed by atoms with E-state index in [0.29, 0.717) is 0 Å². The van der Waals surface area contributed by atoms with Crippen LogP contribution in [0.3, 0.4) is 0 Å². The molecule has 1 aromatic heterocycles. The van der Waals surface area contributed by atoms with E-state index in [0.717, 1.165) is 31.2 Å². The molecule has 1 aliphatic rings. The van der Waals surface area contributed by atoms with Crippen LogP contribution in [0, 0.1) is 18.8 Å². The van der Waals surface area contributed by atoms with Crippen LogP contribution in [0.4, 0.5) is 0 Å². The zero-order chi connectivity index (χ0) is 9.31. The fraction of sp³-hybridized carbons (Fsp3) is 0.545. The first-order valence-electron chi connectivity index (χ1n) is 4.74. The fourth-order valence-corrected chi connectivity index (χ4v) is 1.59. The Morgan fingerprint density at radius 2 is 2.23 bits per heavy atom. The predicted molar refractivity (Wildman–Crippen MR) is 50.4 cm³/mol. The van der Waals surface area contributed by atoms with Gasteiger partial charge in [-0.25, -0.2) is 0 Å². The molecule has 2 rings (SSSR count). The van der Waals surface area contributed by atoms with Gasteiger partial charge in [-0.3, -0.25) is 0 Å². The van der Waals surface area contributed by atoms with Gasteiger partial charge in [0, 0.05) is 11.8 Å². The van der Waals surface area contributed by atoms with E-state index in [9.17, 15) is 0 Å². The number of hydrogen-bond acceptors (Lipinski definition) is 2. The summed E-state index contributed by atoms with van der Waals surface area (Å²) in [5.74, 6) is 1.94. The van der Waals surface area contributed by atoms with Crippen molar-refractivity contribution in [2.75, 3.05) is 13.2 Å². The lowest BCUT2D eigenvalue weighted by Crippen LogP contribution is -2.42. The summed E-state index contributed by atoms with van der Waals surface area (Å²) in [5, 5.41) is 0. The Kier molecular flexibility index (Phi) is 2.16. The van der Waals surface area contributed by atoms with E-state index in [4.69, 9.17) is 9.15 Å². The Balaban J connectivity index is 2.04. The molecule has 0 saturated carbocycles. The summed E-state index contributed by atoms with van der Waals surface area (Å²) in [4.78, 5) is 0. The standard InChI is InChI=1S/C11H15O2/c1-3-11(7-12-8-11)6-10-5-4-9(2)13-10/h4-6H,3,7-8H2,1-2H3. The molecule has 71 valence electrons. The number of aryl methyl sites for hydroxylation is 1. The molecule has 1 radical (unpaired) electrons. The van der Waals surface area contributed by atoms with Crippen molar-refractivity contribution in [1.82, 2.24) is 0 Å². The first-order chi connectivity index (χ1) is 6.24. The quantitative estimate of drug-likeness (QED) is 0.711. The van der Waals surface area contributed by atoms with Gasteiger partial charge in [0.25, 0.3) is 0 Å². The average molecular weight is 179 g/mol. The van der Waals surface area contributed by atoms with Crippen LogP contribution >= 0.6 is 0 Å². The molecule has 1 fully saturated rings. The highest BCUT2D eigenvalue weighted by molar-refractivity contribution is 5.19. The third-order valence-electron chi connectivity index (χ3n) is 2.69. The van der Waals surface area contributed by atoms with Crippen molar-refractivity contribution >= 4 is 0 Å². The highest BCUT2D eigenvalue weighted by Gasteiger charge is 2.37. The van der Waals surface area contributed by atoms with E-state index in [1.807, 2.05) is 19.1 Å². The Morgan fingerprint density at radius 1 is 1.46 bits per heavy atom. The van der Waals surface area contributed by atoms with Gasteiger partial charge in [-0.15, -0.1) is 0 Å². The van der Waals surface area contributed by atoms with E-state index in [1.54, 1.807) is 0 Å². The van der Waals surface area contributed by atoms with Crippen LogP contribution in [0.15, 0.2) is 16.5 Å². The maximum Gasteiger partial charge on any atom is 0.108 e. The summed E-state index contributed by atoms with van der Waals surface area (Å²) in [5.41, 5.74) is 0.240. The lowest BCUT2D eigenvalue weighted by Gasteiger charge is -2.39. The minimum atomic E-state index is 0.240. The molecule has 0 aromatic carbocycles. The molecule has 0 unspecified atom stereocenters. The zero-order valence-electron chi connectivity index (χ0n) is 8.17. The van der Waals surface area contributed by atoms with Gasteiger partial charge in [-0.2, -0.15) is 0 Å². The molecule has 0 bridgehead atoms. The van der Waals surface area contributed by atoms with Gasteiger partial charge >= 0.3 is 0 Å². The molecule has 1 aliphatic heterocycles. The maximum atomic E-state index is 5.51. The van der Waals surface area contributed by atoms with Crippen LogP contribution in [0.5, 0.6) is 0 Å². The first kappa shape index (κ1) is 8.82. The Hall–Kier alpha value is -0.760. The minimum Gasteiger partial charge on any atom is -0.466 e. The summed E-state index contributed by atoms with van der Waals surface area (Å²) < 4.78 is 10.7. The van der Waals surface area contributed by atoms with Crippen molar-refractivity contribution in [3.63, 3.8) is 0 Å². The number of ether oxygens (including phenoxy) is 1. The normalized spacial score (nSPS) is 19.8. The lowest BCUT2D eigenvalue weighted by atomic mass is 9.79. The van der Waals surface area contributed by atoms with E-state index in [-0.39, 0.29) is 5.41 Å². The second-order valence-corrected chi connectivity index (χ2v) is 3.80. The Bertz CT molecular complexity index is 279. The fourth-order valence-electron chi connectivity index (χ4n) is 1.59. The summed E-state index contributed by atoms with van der Waals surface area (Å²) in [7, 11) is 0. The van der Waals surface area contributed by atoms with Crippen molar-refractivity contribution < 1.29 is 9.15 Å². The molecule has 2 nitrogen and oxygen atoms in total. The molecule has 0 atom stereocenters. The monoisotopic (exact) mass is 179 g/mol. The van der Waals surface area contributed by atoms with Gasteiger partial charge in [0.05, 0.1) is 13.2 Å². The molecule has 1 saturated heterocycles. The Morgan fingerprint density at radius 3 is 2.62 bits per heavy atom. The lowest BCUT2D eigenvalue weighted by molar-refractivity contribution is -0.0929. The van der Waals surface area contributed by atoms with Crippen molar-refractivity contribution in [3.05, 3.63) is 30.1 Å². The number of rotatable bonds is 3. The molecule has 1 aromatic rings. The van der Waals surface area contributed by atoms with Crippen LogP contribution < -0.4 is 0 Å². The second-order valence-electron chi connectivity index (χ2n) is 3.80. The zero-order valence-corrected chi connectivity index (χ0v) is 8.17. The summed E-state index contributed by atoms with van der Waals surface area (Å²) in [6.07, 6.45) is 3.32. The van der Waals surface area contributed by atoms with E-state index >= 15 is 0 Å². The van der Waals surface area contributed by atoms with Gasteiger partial charge in [0.15, 0.2) is 0 Å². The minimum absolute atomic E-state index is 0.240. The molecule has 0 N–H and O–H groups in total. The van der Waals surface area contributed by atoms with Gasteiger partial charge in [-0.1, -0.05) is 6.92 Å². The van der Waals surface area contributed by atoms with Crippen molar-refractivity contribution in [1.29, 1.82) is 0 Å². The predicted octanol–water partition coefficient (Wildman–Crippen LogP) is 2.57. The summed E-state index contributed by atoms with van der Waals surface area (Å²) >= 11 is 0. The van der Waals surface area contributed by atoms with Crippen LogP contribution in [-0.2, 0) is 4.74 Å². The van der Waals surface area contributed by atoms with Gasteiger partial charge in [0.1, 0.15) is 11.5 Å². The molecular formula is C11H15O2. The molecule has 0 spiro atoms. The summed E-state index contributed by atoms with van der Waals surface area (Å²) in [6.45, 7) is 5.83. The van der Waals surface area contributed by atoms with Crippen molar-refractivity contribution in [2.24, 2.45) is 5.41 Å². The van der Waals surface area contributed by atoms with Crippen LogP contribution in [0.1, 0.15) is 24.9 Å². The SMILES string of the molecule is CCC1([CH]c2ccc(C)o2)COC1. The average Bonchev–Trinajstić information content (AvgIpc) is 2.44. The number of furan rings is 1. The van der Waals surface area contributed by atoms with Gasteiger partial charge < -0.3 is 9.15 Å². The third kappa shape index (κ3) is 1.63. The van der Waals surface area contributed by atoms with E-state index in [1.165, 1.54) is 0 Å². The van der Waals surface area contributed by atoms with Crippen molar-refractivity contribution in [2.45, 2.75) is 20.3 Å². The Labute approximate surface area is 78.9 Å². The third-order valence-corrected chi connectivity index (χ3v) is 2.69. The maximum absolute atomic E-state index is 5.51. The van der Waals surface area contributed by atoms with Gasteiger partial charge in [-0.05, 0) is 25.5 Å². The molecule has 0 aliphatic carbocycles. The van der Waals surface area contributed by atoms with E-state index < -0.39 is 0 Å². The smallest absolute Gasteiger partial charge is 0.108 e. The molecule has 0 amide bonds. The van der Waals surface area contributed by atoms with Gasteiger partial charge in [0.2, 0.25) is 0 Å². The summed E-state index contributed by atoms with van der Waals surface area (Å²) in [6, 6.07) is 4.01. The second kappa shape index (κ2) is 3.18. The molecule has 2 heteroatoms. The molecule has 2 heterocycles. The molecular weight excluding hydrogens is 164 g/mol. The van der Waals surface area contributed by atoms with Crippen LogP contribution in [-0.4, -0.2) is 13.2 Å².